The van der Waals surface area contributed by atoms with Crippen molar-refractivity contribution in [3.63, 3.8) is 0 Å². The quantitative estimate of drug-likeness (QED) is 0.739. The van der Waals surface area contributed by atoms with Crippen molar-refractivity contribution < 1.29 is 9.53 Å². The van der Waals surface area contributed by atoms with Crippen molar-refractivity contribution >= 4 is 11.6 Å². The molecule has 1 saturated carbocycles. The van der Waals surface area contributed by atoms with Crippen LogP contribution < -0.4 is 5.32 Å². The zero-order valence-electron chi connectivity index (χ0n) is 12.3. The van der Waals surface area contributed by atoms with Gasteiger partial charge in [-0.1, -0.05) is 0 Å². The first kappa shape index (κ1) is 14.8. The first-order valence-corrected chi connectivity index (χ1v) is 7.24. The lowest BCUT2D eigenvalue weighted by atomic mass is 10.3. The number of aromatic nitrogens is 1. The zero-order chi connectivity index (χ0) is 14.4. The molecule has 0 unspecified atom stereocenters. The largest absolute Gasteiger partial charge is 0.384 e. The summed E-state index contributed by atoms with van der Waals surface area (Å²) < 4.78 is 5.54. The average Bonchev–Trinajstić information content (AvgIpc) is 3.28. The van der Waals surface area contributed by atoms with Gasteiger partial charge in [-0.15, -0.1) is 0 Å². The van der Waals surface area contributed by atoms with Crippen LogP contribution in [-0.2, 0) is 4.74 Å². The fourth-order valence-electron chi connectivity index (χ4n) is 1.86. The van der Waals surface area contributed by atoms with Crippen LogP contribution >= 0.6 is 0 Å². The van der Waals surface area contributed by atoms with E-state index in [0.29, 0.717) is 18.8 Å². The van der Waals surface area contributed by atoms with Crippen molar-refractivity contribution in [2.75, 3.05) is 38.7 Å². The molecule has 2 rings (SSSR count). The highest BCUT2D eigenvalue weighted by Gasteiger charge is 2.21. The van der Waals surface area contributed by atoms with Crippen molar-refractivity contribution in [3.8, 4) is 0 Å². The molecule has 0 radical (unpaired) electrons. The fraction of sp³-hybridized carbons (Fsp3) is 0.600. The van der Waals surface area contributed by atoms with Gasteiger partial charge in [0.25, 0.3) is 5.91 Å². The molecule has 1 fully saturated rings. The number of nitrogens with one attached hydrogen (secondary N) is 1. The number of hydrogen-bond acceptors (Lipinski definition) is 4. The molecule has 5 heteroatoms. The number of carbonyl (C=O) groups excluding carboxylic acids is 1. The van der Waals surface area contributed by atoms with E-state index < -0.39 is 0 Å². The molecule has 5 nitrogen and oxygen atoms in total. The topological polar surface area (TPSA) is 54.5 Å². The van der Waals surface area contributed by atoms with Crippen molar-refractivity contribution in [3.05, 3.63) is 24.0 Å². The number of ether oxygens (including phenoxy) is 1. The summed E-state index contributed by atoms with van der Waals surface area (Å²) >= 11 is 0. The molecule has 1 aliphatic rings. The zero-order valence-corrected chi connectivity index (χ0v) is 12.3. The summed E-state index contributed by atoms with van der Waals surface area (Å²) in [5, 5.41) is 3.15. The van der Waals surface area contributed by atoms with Gasteiger partial charge in [-0.2, -0.15) is 0 Å². The van der Waals surface area contributed by atoms with E-state index in [1.54, 1.807) is 24.2 Å². The third-order valence-corrected chi connectivity index (χ3v) is 3.33. The maximum atomic E-state index is 12.1. The highest BCUT2D eigenvalue weighted by atomic mass is 16.5. The Morgan fingerprint density at radius 2 is 2.30 bits per heavy atom. The molecule has 20 heavy (non-hydrogen) atoms. The van der Waals surface area contributed by atoms with Crippen molar-refractivity contribution in [2.45, 2.75) is 19.8 Å². The Bertz CT molecular complexity index is 429. The summed E-state index contributed by atoms with van der Waals surface area (Å²) in [6, 6.07) is 3.63. The van der Waals surface area contributed by atoms with Crippen molar-refractivity contribution in [1.29, 1.82) is 0 Å². The van der Waals surface area contributed by atoms with Crippen LogP contribution in [0.1, 0.15) is 30.3 Å². The number of pyridine rings is 1. The molecular weight excluding hydrogens is 254 g/mol. The van der Waals surface area contributed by atoms with Crippen LogP contribution in [0, 0.1) is 5.92 Å². The minimum absolute atomic E-state index is 0.0666. The number of anilines is 1. The lowest BCUT2D eigenvalue weighted by Gasteiger charge is -2.16. The molecular formula is C15H23N3O2. The second-order valence-corrected chi connectivity index (χ2v) is 5.21. The Hall–Kier alpha value is -1.62. The monoisotopic (exact) mass is 277 g/mol. The molecule has 1 aromatic heterocycles. The minimum Gasteiger partial charge on any atom is -0.384 e. The van der Waals surface area contributed by atoms with Crippen molar-refractivity contribution in [1.82, 2.24) is 9.88 Å². The van der Waals surface area contributed by atoms with Gasteiger partial charge in [-0.05, 0) is 37.8 Å². The van der Waals surface area contributed by atoms with Gasteiger partial charge in [0.15, 0.2) is 0 Å². The summed E-state index contributed by atoms with van der Waals surface area (Å²) in [5.74, 6) is 0.694. The predicted molar refractivity (Wildman–Crippen MR) is 78.9 cm³/mol. The van der Waals surface area contributed by atoms with E-state index in [1.165, 1.54) is 12.8 Å². The predicted octanol–water partition coefficient (Wildman–Crippen LogP) is 2.01. The molecule has 0 bridgehead atoms. The first-order chi connectivity index (χ1) is 9.70. The SMILES string of the molecule is CCNc1ccc(C(=O)N(C)CCOCC2CC2)nc1. The van der Waals surface area contributed by atoms with Crippen LogP contribution in [0.25, 0.3) is 0 Å². The molecule has 0 saturated heterocycles. The minimum atomic E-state index is -0.0666. The summed E-state index contributed by atoms with van der Waals surface area (Å²) in [5.41, 5.74) is 1.40. The second-order valence-electron chi connectivity index (χ2n) is 5.21. The first-order valence-electron chi connectivity index (χ1n) is 7.24. The van der Waals surface area contributed by atoms with E-state index in [-0.39, 0.29) is 5.91 Å². The van der Waals surface area contributed by atoms with Crippen LogP contribution in [0.3, 0.4) is 0 Å². The average molecular weight is 277 g/mol. The van der Waals surface area contributed by atoms with E-state index in [0.717, 1.165) is 24.8 Å². The fourth-order valence-corrected chi connectivity index (χ4v) is 1.86. The Balaban J connectivity index is 1.75. The van der Waals surface area contributed by atoms with E-state index in [1.807, 2.05) is 13.0 Å². The summed E-state index contributed by atoms with van der Waals surface area (Å²) in [7, 11) is 1.78. The summed E-state index contributed by atoms with van der Waals surface area (Å²) in [6.45, 7) is 4.88. The maximum absolute atomic E-state index is 12.1. The van der Waals surface area contributed by atoms with Gasteiger partial charge in [0.05, 0.1) is 18.5 Å². The van der Waals surface area contributed by atoms with E-state index >= 15 is 0 Å². The summed E-state index contributed by atoms with van der Waals surface area (Å²) in [6.07, 6.45) is 4.27. The number of carbonyl (C=O) groups is 1. The smallest absolute Gasteiger partial charge is 0.272 e. The molecule has 1 amide bonds. The van der Waals surface area contributed by atoms with Crippen LogP contribution in [-0.4, -0.2) is 49.1 Å². The maximum Gasteiger partial charge on any atom is 0.272 e. The molecule has 0 atom stereocenters. The van der Waals surface area contributed by atoms with Gasteiger partial charge >= 0.3 is 0 Å². The number of hydrogen-bond donors (Lipinski definition) is 1. The standard InChI is InChI=1S/C15H23N3O2/c1-3-16-13-6-7-14(17-10-13)15(19)18(2)8-9-20-11-12-4-5-12/h6-7,10,12,16H,3-5,8-9,11H2,1-2H3. The van der Waals surface area contributed by atoms with Gasteiger partial charge in [0, 0.05) is 26.7 Å². The number of nitrogens with zero attached hydrogens (tertiary/aromatic N) is 2. The number of amides is 1. The molecule has 1 heterocycles. The highest BCUT2D eigenvalue weighted by Crippen LogP contribution is 2.28. The van der Waals surface area contributed by atoms with Gasteiger partial charge in [-0.3, -0.25) is 4.79 Å². The van der Waals surface area contributed by atoms with Gasteiger partial charge in [-0.25, -0.2) is 4.98 Å². The van der Waals surface area contributed by atoms with E-state index in [2.05, 4.69) is 10.3 Å². The Labute approximate surface area is 120 Å². The normalized spacial score (nSPS) is 14.1. The lowest BCUT2D eigenvalue weighted by molar-refractivity contribution is 0.0676. The van der Waals surface area contributed by atoms with Crippen molar-refractivity contribution in [2.24, 2.45) is 5.92 Å². The Kier molecular flexibility index (Phi) is 5.35. The highest BCUT2D eigenvalue weighted by molar-refractivity contribution is 5.92. The molecule has 110 valence electrons. The van der Waals surface area contributed by atoms with E-state index in [4.69, 9.17) is 4.74 Å². The van der Waals surface area contributed by atoms with Gasteiger partial charge in [0.2, 0.25) is 0 Å². The van der Waals surface area contributed by atoms with Crippen LogP contribution in [0.4, 0.5) is 5.69 Å². The molecule has 0 aliphatic heterocycles. The van der Waals surface area contributed by atoms with Crippen LogP contribution in [0.2, 0.25) is 0 Å². The van der Waals surface area contributed by atoms with E-state index in [9.17, 15) is 4.79 Å². The molecule has 0 aromatic carbocycles. The molecule has 0 spiro atoms. The third kappa shape index (κ3) is 4.49. The van der Waals surface area contributed by atoms with Crippen LogP contribution in [0.5, 0.6) is 0 Å². The summed E-state index contributed by atoms with van der Waals surface area (Å²) in [4.78, 5) is 18.0. The third-order valence-electron chi connectivity index (χ3n) is 3.33. The molecule has 1 aromatic rings. The lowest BCUT2D eigenvalue weighted by Crippen LogP contribution is -2.31. The number of rotatable bonds is 8. The molecule has 1 aliphatic carbocycles. The Morgan fingerprint density at radius 1 is 1.50 bits per heavy atom. The Morgan fingerprint density at radius 3 is 2.90 bits per heavy atom. The van der Waals surface area contributed by atoms with Gasteiger partial charge < -0.3 is 15.0 Å². The molecule has 1 N–H and O–H groups in total. The van der Waals surface area contributed by atoms with Crippen LogP contribution in [0.15, 0.2) is 18.3 Å². The second kappa shape index (κ2) is 7.24. The number of likely N-dealkylation sites (N-methyl/N-ethyl adjacent to an activating group) is 1. The van der Waals surface area contributed by atoms with Gasteiger partial charge in [0.1, 0.15) is 5.69 Å².